The summed E-state index contributed by atoms with van der Waals surface area (Å²) in [6, 6.07) is 10.0. The van der Waals surface area contributed by atoms with Gasteiger partial charge in [0.1, 0.15) is 5.75 Å². The summed E-state index contributed by atoms with van der Waals surface area (Å²) in [6.07, 6.45) is 1.87. The molecule has 0 saturated heterocycles. The third kappa shape index (κ3) is 3.27. The van der Waals surface area contributed by atoms with E-state index in [4.69, 9.17) is 10.5 Å². The fraction of sp³-hybridized carbons (Fsp3) is 0.286. The molecule has 4 nitrogen and oxygen atoms in total. The molecule has 0 aliphatic heterocycles. The molecule has 0 atom stereocenters. The number of hydrogen-bond acceptors (Lipinski definition) is 3. The molecule has 2 N–H and O–H groups in total. The van der Waals surface area contributed by atoms with Crippen molar-refractivity contribution in [2.24, 2.45) is 5.73 Å². The van der Waals surface area contributed by atoms with Gasteiger partial charge in [-0.05, 0) is 41.8 Å². The summed E-state index contributed by atoms with van der Waals surface area (Å²) in [5.41, 5.74) is 11.6. The summed E-state index contributed by atoms with van der Waals surface area (Å²) in [4.78, 5) is 12.3. The van der Waals surface area contributed by atoms with Gasteiger partial charge in [-0.1, -0.05) is 31.5 Å². The minimum atomic E-state index is -0.375. The van der Waals surface area contributed by atoms with Crippen LogP contribution in [0.2, 0.25) is 0 Å². The number of rotatable bonds is 7. The van der Waals surface area contributed by atoms with E-state index >= 15 is 0 Å². The molecule has 3 aromatic rings. The summed E-state index contributed by atoms with van der Waals surface area (Å²) >= 11 is 1.63. The Morgan fingerprint density at radius 2 is 2.04 bits per heavy atom. The maximum absolute atomic E-state index is 12.3. The number of hydrogen-bond donors (Lipinski definition) is 1. The predicted octanol–water partition coefficient (Wildman–Crippen LogP) is 4.63. The Morgan fingerprint density at radius 3 is 2.65 bits per heavy atom. The Kier molecular flexibility index (Phi) is 5.47. The Bertz CT molecular complexity index is 910. The normalized spacial score (nSPS) is 10.9. The Labute approximate surface area is 158 Å². The lowest BCUT2D eigenvalue weighted by atomic mass is 10.0. The van der Waals surface area contributed by atoms with Gasteiger partial charge in [0.15, 0.2) is 0 Å². The number of nitrogens with zero attached hydrogens (tertiary/aromatic N) is 1. The van der Waals surface area contributed by atoms with Gasteiger partial charge < -0.3 is 15.0 Å². The monoisotopic (exact) mass is 368 g/mol. The fourth-order valence-electron chi connectivity index (χ4n) is 3.53. The van der Waals surface area contributed by atoms with Crippen LogP contribution in [0.3, 0.4) is 0 Å². The summed E-state index contributed by atoms with van der Waals surface area (Å²) in [5, 5.41) is 4.11. The van der Waals surface area contributed by atoms with E-state index in [2.05, 4.69) is 29.0 Å². The number of methoxy groups -OCH3 is 1. The first kappa shape index (κ1) is 18.3. The second-order valence-corrected chi connectivity index (χ2v) is 7.09. The summed E-state index contributed by atoms with van der Waals surface area (Å²) in [6.45, 7) is 4.78. The third-order valence-corrected chi connectivity index (χ3v) is 5.38. The van der Waals surface area contributed by atoms with Crippen LogP contribution in [0.15, 0.2) is 41.1 Å². The maximum Gasteiger partial charge on any atom is 0.251 e. The number of carbonyl (C=O) groups excluding carboxylic acids is 1. The van der Waals surface area contributed by atoms with Crippen molar-refractivity contribution in [2.75, 3.05) is 7.11 Å². The van der Waals surface area contributed by atoms with Crippen molar-refractivity contribution in [1.82, 2.24) is 4.57 Å². The maximum atomic E-state index is 12.3. The molecule has 2 heterocycles. The van der Waals surface area contributed by atoms with Crippen molar-refractivity contribution >= 4 is 17.2 Å². The number of amides is 1. The van der Waals surface area contributed by atoms with Gasteiger partial charge in [-0.15, -0.1) is 0 Å². The van der Waals surface area contributed by atoms with Crippen LogP contribution < -0.4 is 10.5 Å². The number of nitrogens with two attached hydrogens (primary N) is 1. The third-order valence-electron chi connectivity index (χ3n) is 4.70. The van der Waals surface area contributed by atoms with Crippen molar-refractivity contribution in [3.63, 3.8) is 0 Å². The molecule has 0 fully saturated rings. The van der Waals surface area contributed by atoms with Gasteiger partial charge >= 0.3 is 0 Å². The van der Waals surface area contributed by atoms with Gasteiger partial charge in [0.05, 0.1) is 19.2 Å². The lowest BCUT2D eigenvalue weighted by molar-refractivity contribution is 0.1000. The lowest BCUT2D eigenvalue weighted by Gasteiger charge is -2.15. The molecule has 136 valence electrons. The van der Waals surface area contributed by atoms with E-state index in [0.717, 1.165) is 46.7 Å². The van der Waals surface area contributed by atoms with Crippen LogP contribution >= 0.6 is 11.3 Å². The quantitative estimate of drug-likeness (QED) is 0.661. The highest BCUT2D eigenvalue weighted by Crippen LogP contribution is 2.35. The van der Waals surface area contributed by atoms with E-state index in [1.807, 2.05) is 30.5 Å². The number of thiophene rings is 1. The number of benzene rings is 1. The minimum Gasteiger partial charge on any atom is -0.496 e. The zero-order valence-corrected chi connectivity index (χ0v) is 16.2. The SMILES string of the molecule is CCCc1c(-c2ccsc2)c(C(N)=O)c(C)n1Cc1ccccc1OC. The molecule has 0 unspecified atom stereocenters. The van der Waals surface area contributed by atoms with Gasteiger partial charge in [-0.3, -0.25) is 4.79 Å². The summed E-state index contributed by atoms with van der Waals surface area (Å²) in [7, 11) is 1.68. The average molecular weight is 369 g/mol. The van der Waals surface area contributed by atoms with E-state index in [1.165, 1.54) is 0 Å². The highest BCUT2D eigenvalue weighted by Gasteiger charge is 2.25. The minimum absolute atomic E-state index is 0.375. The Morgan fingerprint density at radius 1 is 1.27 bits per heavy atom. The first-order valence-electron chi connectivity index (χ1n) is 8.74. The molecular weight excluding hydrogens is 344 g/mol. The highest BCUT2D eigenvalue weighted by atomic mass is 32.1. The van der Waals surface area contributed by atoms with Gasteiger partial charge in [-0.25, -0.2) is 0 Å². The van der Waals surface area contributed by atoms with Crippen molar-refractivity contribution in [3.8, 4) is 16.9 Å². The number of primary amides is 1. The van der Waals surface area contributed by atoms with E-state index < -0.39 is 0 Å². The molecule has 0 radical (unpaired) electrons. The van der Waals surface area contributed by atoms with Gasteiger partial charge in [-0.2, -0.15) is 11.3 Å². The van der Waals surface area contributed by atoms with E-state index in [-0.39, 0.29) is 5.91 Å². The molecule has 0 saturated carbocycles. The summed E-state index contributed by atoms with van der Waals surface area (Å²) < 4.78 is 7.73. The van der Waals surface area contributed by atoms with Crippen LogP contribution in [-0.2, 0) is 13.0 Å². The van der Waals surface area contributed by atoms with Gasteiger partial charge in [0.2, 0.25) is 0 Å². The molecule has 3 rings (SSSR count). The molecule has 1 aromatic carbocycles. The lowest BCUT2D eigenvalue weighted by Crippen LogP contribution is -2.13. The fourth-order valence-corrected chi connectivity index (χ4v) is 4.18. The number of ether oxygens (including phenoxy) is 1. The van der Waals surface area contributed by atoms with Crippen molar-refractivity contribution < 1.29 is 9.53 Å². The standard InChI is InChI=1S/C21H24N2O2S/c1-4-7-17-20(16-10-11-26-13-16)19(21(22)24)14(2)23(17)12-15-8-5-6-9-18(15)25-3/h5-6,8-11,13H,4,7,12H2,1-3H3,(H2,22,24). The van der Waals surface area contributed by atoms with Gasteiger partial charge in [0.25, 0.3) is 5.91 Å². The molecule has 0 spiro atoms. The van der Waals surface area contributed by atoms with Crippen LogP contribution in [0.1, 0.15) is 40.7 Å². The summed E-state index contributed by atoms with van der Waals surface area (Å²) in [5.74, 6) is 0.473. The Hall–Kier alpha value is -2.53. The van der Waals surface area contributed by atoms with Crippen molar-refractivity contribution in [3.05, 3.63) is 63.6 Å². The second-order valence-electron chi connectivity index (χ2n) is 6.31. The van der Waals surface area contributed by atoms with Gasteiger partial charge in [0, 0.05) is 22.5 Å². The predicted molar refractivity (Wildman–Crippen MR) is 107 cm³/mol. The molecular formula is C21H24N2O2S. The first-order valence-corrected chi connectivity index (χ1v) is 9.69. The zero-order chi connectivity index (χ0) is 18.7. The van der Waals surface area contributed by atoms with Crippen LogP contribution in [0.5, 0.6) is 5.75 Å². The van der Waals surface area contributed by atoms with Crippen molar-refractivity contribution in [1.29, 1.82) is 0 Å². The molecule has 5 heteroatoms. The first-order chi connectivity index (χ1) is 12.6. The Balaban J connectivity index is 2.21. The van der Waals surface area contributed by atoms with E-state index in [0.29, 0.717) is 12.1 Å². The zero-order valence-electron chi connectivity index (χ0n) is 15.4. The topological polar surface area (TPSA) is 57.2 Å². The smallest absolute Gasteiger partial charge is 0.251 e. The van der Waals surface area contributed by atoms with Crippen molar-refractivity contribution in [2.45, 2.75) is 33.2 Å². The second kappa shape index (κ2) is 7.79. The molecule has 26 heavy (non-hydrogen) atoms. The van der Waals surface area contributed by atoms with E-state index in [9.17, 15) is 4.79 Å². The molecule has 0 aliphatic carbocycles. The molecule has 1 amide bonds. The number of aromatic nitrogens is 1. The number of carbonyl (C=O) groups is 1. The molecule has 2 aromatic heterocycles. The van der Waals surface area contributed by atoms with Crippen LogP contribution in [0, 0.1) is 6.92 Å². The van der Waals surface area contributed by atoms with Crippen LogP contribution in [0.4, 0.5) is 0 Å². The highest BCUT2D eigenvalue weighted by molar-refractivity contribution is 7.08. The van der Waals surface area contributed by atoms with Crippen LogP contribution in [0.25, 0.3) is 11.1 Å². The average Bonchev–Trinajstić information content (AvgIpc) is 3.24. The molecule has 0 bridgehead atoms. The van der Waals surface area contributed by atoms with E-state index in [1.54, 1.807) is 18.4 Å². The molecule has 0 aliphatic rings. The van der Waals surface area contributed by atoms with Crippen LogP contribution in [-0.4, -0.2) is 17.6 Å². The largest absolute Gasteiger partial charge is 0.496 e. The number of para-hydroxylation sites is 1.